The lowest BCUT2D eigenvalue weighted by Crippen LogP contribution is -2.36. The summed E-state index contributed by atoms with van der Waals surface area (Å²) in [6.45, 7) is 4.67. The van der Waals surface area contributed by atoms with Gasteiger partial charge >= 0.3 is 0 Å². The smallest absolute Gasteiger partial charge is 0.255 e. The Bertz CT molecular complexity index is 449. The second-order valence-electron chi connectivity index (χ2n) is 4.49. The summed E-state index contributed by atoms with van der Waals surface area (Å²) in [5, 5.41) is 12.2. The van der Waals surface area contributed by atoms with Crippen LogP contribution in [0.25, 0.3) is 0 Å². The van der Waals surface area contributed by atoms with Crippen molar-refractivity contribution < 1.29 is 19.4 Å². The highest BCUT2D eigenvalue weighted by atomic mass is 16.5. The first-order valence-corrected chi connectivity index (χ1v) is 5.56. The number of ether oxygens (including phenoxy) is 2. The van der Waals surface area contributed by atoms with Gasteiger partial charge < -0.3 is 19.9 Å². The van der Waals surface area contributed by atoms with Crippen LogP contribution in [0.2, 0.25) is 0 Å². The molecule has 100 valence electrons. The minimum Gasteiger partial charge on any atom is -0.496 e. The molecule has 0 aliphatic heterocycles. The Morgan fingerprint density at radius 1 is 1.28 bits per heavy atom. The van der Waals surface area contributed by atoms with E-state index in [9.17, 15) is 9.90 Å². The molecule has 1 aromatic rings. The molecular formula is C13H19NO4. The molecule has 1 rings (SSSR count). The van der Waals surface area contributed by atoms with Gasteiger partial charge in [0, 0.05) is 5.56 Å². The van der Waals surface area contributed by atoms with Crippen LogP contribution in [0, 0.1) is 6.92 Å². The molecule has 0 aliphatic carbocycles. The van der Waals surface area contributed by atoms with Crippen molar-refractivity contribution in [2.24, 2.45) is 0 Å². The molecule has 0 spiro atoms. The van der Waals surface area contributed by atoms with Crippen molar-refractivity contribution in [2.45, 2.75) is 26.4 Å². The molecule has 0 saturated heterocycles. The highest BCUT2D eigenvalue weighted by Crippen LogP contribution is 2.35. The van der Waals surface area contributed by atoms with Crippen LogP contribution in [0.4, 0.5) is 5.69 Å². The van der Waals surface area contributed by atoms with Crippen LogP contribution in [0.1, 0.15) is 19.4 Å². The number of carbonyl (C=O) groups is 1. The molecule has 0 unspecified atom stereocenters. The van der Waals surface area contributed by atoms with Gasteiger partial charge in [-0.3, -0.25) is 4.79 Å². The minimum atomic E-state index is -1.45. The summed E-state index contributed by atoms with van der Waals surface area (Å²) in [6.07, 6.45) is 0. The van der Waals surface area contributed by atoms with Crippen molar-refractivity contribution in [1.82, 2.24) is 0 Å². The maximum absolute atomic E-state index is 11.7. The Labute approximate surface area is 107 Å². The Morgan fingerprint density at radius 3 is 2.33 bits per heavy atom. The quantitative estimate of drug-likeness (QED) is 0.857. The van der Waals surface area contributed by atoms with E-state index in [-0.39, 0.29) is 0 Å². The van der Waals surface area contributed by atoms with Gasteiger partial charge in [0.1, 0.15) is 17.1 Å². The van der Waals surface area contributed by atoms with E-state index in [1.165, 1.54) is 21.0 Å². The highest BCUT2D eigenvalue weighted by Gasteiger charge is 2.25. The Hall–Kier alpha value is -1.75. The molecule has 0 atom stereocenters. The summed E-state index contributed by atoms with van der Waals surface area (Å²) >= 11 is 0. The van der Waals surface area contributed by atoms with Crippen LogP contribution >= 0.6 is 0 Å². The number of hydrogen-bond acceptors (Lipinski definition) is 4. The zero-order valence-electron chi connectivity index (χ0n) is 11.3. The molecule has 2 N–H and O–H groups in total. The topological polar surface area (TPSA) is 67.8 Å². The number of hydrogen-bond donors (Lipinski definition) is 2. The number of amides is 1. The maximum Gasteiger partial charge on any atom is 0.255 e. The summed E-state index contributed by atoms with van der Waals surface area (Å²) in [4.78, 5) is 11.7. The van der Waals surface area contributed by atoms with Crippen LogP contribution in [-0.2, 0) is 4.79 Å². The van der Waals surface area contributed by atoms with Crippen molar-refractivity contribution in [2.75, 3.05) is 19.5 Å². The number of nitrogens with one attached hydrogen (secondary N) is 1. The maximum atomic E-state index is 11.7. The standard InChI is InChI=1S/C13H19NO4/c1-8-10(17-4)7-6-9(11(8)18-5)14-12(15)13(2,3)16/h6-7,16H,1-5H3,(H,14,15). The molecule has 0 aliphatic rings. The minimum absolute atomic E-state index is 0.495. The molecule has 1 amide bonds. The fourth-order valence-electron chi connectivity index (χ4n) is 1.53. The van der Waals surface area contributed by atoms with Crippen LogP contribution in [0.5, 0.6) is 11.5 Å². The number of carbonyl (C=O) groups excluding carboxylic acids is 1. The van der Waals surface area contributed by atoms with E-state index >= 15 is 0 Å². The molecule has 18 heavy (non-hydrogen) atoms. The van der Waals surface area contributed by atoms with Gasteiger partial charge in [-0.05, 0) is 32.9 Å². The van der Waals surface area contributed by atoms with Crippen molar-refractivity contribution in [3.63, 3.8) is 0 Å². The summed E-state index contributed by atoms with van der Waals surface area (Å²) in [5.74, 6) is 0.699. The van der Waals surface area contributed by atoms with Crippen molar-refractivity contribution in [1.29, 1.82) is 0 Å². The summed E-state index contributed by atoms with van der Waals surface area (Å²) in [6, 6.07) is 3.41. The molecule has 0 radical (unpaired) electrons. The van der Waals surface area contributed by atoms with E-state index in [0.29, 0.717) is 17.2 Å². The zero-order valence-corrected chi connectivity index (χ0v) is 11.3. The van der Waals surface area contributed by atoms with Crippen molar-refractivity contribution in [3.8, 4) is 11.5 Å². The number of aliphatic hydroxyl groups is 1. The second-order valence-corrected chi connectivity index (χ2v) is 4.49. The van der Waals surface area contributed by atoms with Gasteiger partial charge in [-0.15, -0.1) is 0 Å². The van der Waals surface area contributed by atoms with Gasteiger partial charge in [-0.25, -0.2) is 0 Å². The van der Waals surface area contributed by atoms with Crippen LogP contribution in [0.3, 0.4) is 0 Å². The SMILES string of the molecule is COc1ccc(NC(=O)C(C)(C)O)c(OC)c1C. The van der Waals surface area contributed by atoms with E-state index in [1.807, 2.05) is 6.92 Å². The predicted molar refractivity (Wildman–Crippen MR) is 69.2 cm³/mol. The first-order valence-electron chi connectivity index (χ1n) is 5.56. The predicted octanol–water partition coefficient (Wildman–Crippen LogP) is 1.72. The first kappa shape index (κ1) is 14.3. The lowest BCUT2D eigenvalue weighted by atomic mass is 10.1. The number of methoxy groups -OCH3 is 2. The average molecular weight is 253 g/mol. The largest absolute Gasteiger partial charge is 0.496 e. The van der Waals surface area contributed by atoms with Crippen LogP contribution in [0.15, 0.2) is 12.1 Å². The fourth-order valence-corrected chi connectivity index (χ4v) is 1.53. The Balaban J connectivity index is 3.11. The number of anilines is 1. The molecule has 0 saturated carbocycles. The van der Waals surface area contributed by atoms with Crippen LogP contribution < -0.4 is 14.8 Å². The molecule has 0 heterocycles. The average Bonchev–Trinajstić information content (AvgIpc) is 2.28. The third kappa shape index (κ3) is 2.92. The molecule has 0 fully saturated rings. The summed E-state index contributed by atoms with van der Waals surface area (Å²) < 4.78 is 10.4. The van der Waals surface area contributed by atoms with E-state index in [0.717, 1.165) is 5.56 Å². The van der Waals surface area contributed by atoms with Gasteiger partial charge in [-0.2, -0.15) is 0 Å². The molecule has 0 aromatic heterocycles. The Kier molecular flexibility index (Phi) is 4.19. The van der Waals surface area contributed by atoms with Crippen molar-refractivity contribution in [3.05, 3.63) is 17.7 Å². The van der Waals surface area contributed by atoms with Crippen molar-refractivity contribution >= 4 is 11.6 Å². The normalized spacial score (nSPS) is 11.0. The molecule has 0 bridgehead atoms. The first-order chi connectivity index (χ1) is 8.31. The van der Waals surface area contributed by atoms with Gasteiger partial charge in [0.15, 0.2) is 0 Å². The fraction of sp³-hybridized carbons (Fsp3) is 0.462. The zero-order chi connectivity index (χ0) is 13.9. The van der Waals surface area contributed by atoms with Gasteiger partial charge in [0.2, 0.25) is 0 Å². The van der Waals surface area contributed by atoms with Gasteiger partial charge in [0.05, 0.1) is 19.9 Å². The van der Waals surface area contributed by atoms with Gasteiger partial charge in [-0.1, -0.05) is 0 Å². The monoisotopic (exact) mass is 253 g/mol. The molecule has 5 heteroatoms. The Morgan fingerprint density at radius 2 is 1.89 bits per heavy atom. The number of benzene rings is 1. The molecule has 1 aromatic carbocycles. The highest BCUT2D eigenvalue weighted by molar-refractivity contribution is 5.98. The van der Waals surface area contributed by atoms with E-state index < -0.39 is 11.5 Å². The molecule has 5 nitrogen and oxygen atoms in total. The van der Waals surface area contributed by atoms with E-state index in [4.69, 9.17) is 9.47 Å². The molecular weight excluding hydrogens is 234 g/mol. The summed E-state index contributed by atoms with van der Waals surface area (Å²) in [7, 11) is 3.08. The lowest BCUT2D eigenvalue weighted by Gasteiger charge is -2.19. The van der Waals surface area contributed by atoms with Crippen LogP contribution in [-0.4, -0.2) is 30.8 Å². The van der Waals surface area contributed by atoms with Gasteiger partial charge in [0.25, 0.3) is 5.91 Å². The second kappa shape index (κ2) is 5.27. The van der Waals surface area contributed by atoms with E-state index in [2.05, 4.69) is 5.32 Å². The third-order valence-electron chi connectivity index (χ3n) is 2.58. The third-order valence-corrected chi connectivity index (χ3v) is 2.58. The summed E-state index contributed by atoms with van der Waals surface area (Å²) in [5.41, 5.74) is -0.157. The van der Waals surface area contributed by atoms with E-state index in [1.54, 1.807) is 19.2 Å². The number of rotatable bonds is 4. The lowest BCUT2D eigenvalue weighted by molar-refractivity contribution is -0.130.